The van der Waals surface area contributed by atoms with Crippen molar-refractivity contribution < 1.29 is 22.7 Å². The number of amides is 1. The van der Waals surface area contributed by atoms with Gasteiger partial charge in [-0.15, -0.1) is 0 Å². The molecule has 1 amide bonds. The smallest absolute Gasteiger partial charge is 0.433 e. The van der Waals surface area contributed by atoms with Crippen LogP contribution in [0.5, 0.6) is 5.88 Å². The predicted octanol–water partition coefficient (Wildman–Crippen LogP) is 4.20. The normalized spacial score (nSPS) is 15.5. The van der Waals surface area contributed by atoms with Gasteiger partial charge in [-0.1, -0.05) is 12.1 Å². The number of anilines is 4. The van der Waals surface area contributed by atoms with Crippen molar-refractivity contribution in [3.63, 3.8) is 0 Å². The van der Waals surface area contributed by atoms with Crippen molar-refractivity contribution in [3.05, 3.63) is 59.7 Å². The Hall–Kier alpha value is -5.25. The number of carbonyl (C=O) groups excluding carboxylic acids is 1. The lowest BCUT2D eigenvalue weighted by Crippen LogP contribution is -2.33. The number of likely N-dealkylation sites (tertiary alicyclic amines) is 1. The Bertz CT molecular complexity index is 1870. The highest BCUT2D eigenvalue weighted by atomic mass is 19.4. The summed E-state index contributed by atoms with van der Waals surface area (Å²) < 4.78 is 46.7. The van der Waals surface area contributed by atoms with Gasteiger partial charge in [0.05, 0.1) is 23.4 Å². The largest absolute Gasteiger partial charge is 0.473 e. The van der Waals surface area contributed by atoms with E-state index in [0.717, 1.165) is 39.5 Å². The van der Waals surface area contributed by atoms with Gasteiger partial charge in [-0.25, -0.2) is 15.0 Å². The van der Waals surface area contributed by atoms with Gasteiger partial charge >= 0.3 is 6.18 Å². The summed E-state index contributed by atoms with van der Waals surface area (Å²) in [5.41, 5.74) is 9.04. The van der Waals surface area contributed by atoms with Crippen molar-refractivity contribution in [3.8, 4) is 17.1 Å². The molecule has 1 aliphatic heterocycles. The zero-order valence-corrected chi connectivity index (χ0v) is 24.6. The van der Waals surface area contributed by atoms with Gasteiger partial charge in [-0.05, 0) is 31.9 Å². The van der Waals surface area contributed by atoms with E-state index >= 15 is 0 Å². The van der Waals surface area contributed by atoms with Crippen molar-refractivity contribution in [2.24, 2.45) is 7.05 Å². The number of hydrogen-bond donors (Lipinski definition) is 4. The van der Waals surface area contributed by atoms with Crippen LogP contribution in [0, 0.1) is 13.8 Å². The van der Waals surface area contributed by atoms with E-state index in [1.54, 1.807) is 16.9 Å². The second-order valence-corrected chi connectivity index (χ2v) is 10.8. The summed E-state index contributed by atoms with van der Waals surface area (Å²) in [7, 11) is 1.86. The Morgan fingerprint density at radius 2 is 2.02 bits per heavy atom. The van der Waals surface area contributed by atoms with E-state index < -0.39 is 23.9 Å². The molecule has 16 heteroatoms. The Morgan fingerprint density at radius 1 is 1.20 bits per heavy atom. The number of aryl methyl sites for hydroxylation is 3. The number of H-pyrrole nitrogens is 1. The quantitative estimate of drug-likeness (QED) is 0.197. The lowest BCUT2D eigenvalue weighted by Gasteiger charge is -2.17. The Kier molecular flexibility index (Phi) is 7.74. The number of benzene rings is 1. The molecule has 0 unspecified atom stereocenters. The van der Waals surface area contributed by atoms with E-state index in [1.807, 2.05) is 50.2 Å². The number of aromatic amines is 1. The minimum Gasteiger partial charge on any atom is -0.473 e. The zero-order chi connectivity index (χ0) is 31.9. The molecule has 1 fully saturated rings. The molecule has 0 saturated carbocycles. The number of rotatable bonds is 8. The minimum absolute atomic E-state index is 0.0660. The van der Waals surface area contributed by atoms with Gasteiger partial charge in [0.1, 0.15) is 6.10 Å². The van der Waals surface area contributed by atoms with Crippen LogP contribution in [0.3, 0.4) is 0 Å². The Labute approximate surface area is 255 Å². The van der Waals surface area contributed by atoms with E-state index in [1.165, 1.54) is 0 Å². The number of para-hydroxylation sites is 1. The number of hydrogen-bond acceptors (Lipinski definition) is 10. The fraction of sp³-hybridized carbons (Fsp3) is 0.310. The van der Waals surface area contributed by atoms with Gasteiger partial charge < -0.3 is 26.1 Å². The molecule has 234 valence electrons. The van der Waals surface area contributed by atoms with Gasteiger partial charge in [0.15, 0.2) is 11.5 Å². The summed E-state index contributed by atoms with van der Waals surface area (Å²) in [5.74, 6) is 0.0138. The summed E-state index contributed by atoms with van der Waals surface area (Å²) >= 11 is 0. The number of alkyl halides is 3. The second kappa shape index (κ2) is 11.7. The standard InChI is InChI=1S/C29H30F3N11O2/c1-15-11-35-28(38-22-9-16(2)42(3)41-22)40-25(15)19-12-34-26-18(19)5-4-6-20(26)36-23(44)14-43-8-7-17(13-43)45-24-10-21(29(30,31)32)37-27(33)39-24/h4-6,9-12,17,34H,7-8,13-14H2,1-3H3,(H,36,44)(H2,33,37,39)(H,35,38,40,41)/t17-/m0/s1. The molecule has 1 atom stereocenters. The maximum absolute atomic E-state index is 13.1. The molecule has 1 aromatic carbocycles. The maximum atomic E-state index is 13.1. The van der Waals surface area contributed by atoms with Crippen LogP contribution in [0.2, 0.25) is 0 Å². The van der Waals surface area contributed by atoms with E-state index in [2.05, 4.69) is 35.7 Å². The summed E-state index contributed by atoms with van der Waals surface area (Å²) in [4.78, 5) is 34.3. The van der Waals surface area contributed by atoms with Crippen molar-refractivity contribution in [2.45, 2.75) is 32.5 Å². The number of halogens is 3. The number of nitrogens with two attached hydrogens (primary N) is 1. The topological polar surface area (TPSA) is 165 Å². The van der Waals surface area contributed by atoms with Crippen LogP contribution in [0.4, 0.5) is 36.6 Å². The second-order valence-electron chi connectivity index (χ2n) is 10.8. The first-order valence-corrected chi connectivity index (χ1v) is 14.1. The lowest BCUT2D eigenvalue weighted by molar-refractivity contribution is -0.141. The first-order valence-electron chi connectivity index (χ1n) is 14.1. The van der Waals surface area contributed by atoms with Crippen molar-refractivity contribution in [1.82, 2.24) is 39.6 Å². The molecule has 5 aromatic rings. The van der Waals surface area contributed by atoms with Crippen molar-refractivity contribution in [1.29, 1.82) is 0 Å². The van der Waals surface area contributed by atoms with Gasteiger partial charge in [-0.2, -0.15) is 23.3 Å². The minimum atomic E-state index is -4.68. The average Bonchev–Trinajstić information content (AvgIpc) is 3.68. The van der Waals surface area contributed by atoms with Crippen LogP contribution in [0.15, 0.2) is 42.7 Å². The molecule has 0 bridgehead atoms. The van der Waals surface area contributed by atoms with E-state index in [9.17, 15) is 18.0 Å². The van der Waals surface area contributed by atoms with Gasteiger partial charge in [0.25, 0.3) is 0 Å². The Morgan fingerprint density at radius 3 is 2.78 bits per heavy atom. The molecular formula is C29H30F3N11O2. The molecule has 13 nitrogen and oxygen atoms in total. The third-order valence-corrected chi connectivity index (χ3v) is 7.46. The van der Waals surface area contributed by atoms with E-state index in [0.29, 0.717) is 37.0 Å². The number of nitrogens with one attached hydrogen (secondary N) is 3. The van der Waals surface area contributed by atoms with Gasteiger partial charge in [0.2, 0.25) is 23.7 Å². The number of ether oxygens (including phenoxy) is 1. The molecule has 45 heavy (non-hydrogen) atoms. The van der Waals surface area contributed by atoms with Crippen LogP contribution >= 0.6 is 0 Å². The van der Waals surface area contributed by atoms with Crippen LogP contribution in [-0.4, -0.2) is 71.2 Å². The average molecular weight is 622 g/mol. The van der Waals surface area contributed by atoms with Crippen LogP contribution < -0.4 is 21.1 Å². The van der Waals surface area contributed by atoms with Crippen molar-refractivity contribution >= 4 is 40.2 Å². The molecule has 0 aliphatic carbocycles. The number of nitrogen functional groups attached to an aromatic ring is 1. The van der Waals surface area contributed by atoms with Crippen LogP contribution in [0.25, 0.3) is 22.2 Å². The molecule has 5 N–H and O–H groups in total. The van der Waals surface area contributed by atoms with E-state index in [-0.39, 0.29) is 18.3 Å². The van der Waals surface area contributed by atoms with Crippen LogP contribution in [0.1, 0.15) is 23.4 Å². The SMILES string of the molecule is Cc1cnc(Nc2cc(C)n(C)n2)nc1-c1c[nH]c2c(NC(=O)CN3CC[C@H](Oc4cc(C(F)(F)F)nc(N)n4)C3)cccc12. The highest BCUT2D eigenvalue weighted by Gasteiger charge is 2.34. The predicted molar refractivity (Wildman–Crippen MR) is 161 cm³/mol. The monoisotopic (exact) mass is 621 g/mol. The highest BCUT2D eigenvalue weighted by Crippen LogP contribution is 2.34. The summed E-state index contributed by atoms with van der Waals surface area (Å²) in [6, 6.07) is 8.22. The van der Waals surface area contributed by atoms with Crippen LogP contribution in [-0.2, 0) is 18.0 Å². The summed E-state index contributed by atoms with van der Waals surface area (Å²) in [6.07, 6.45) is -1.04. The zero-order valence-electron chi connectivity index (χ0n) is 24.6. The number of fused-ring (bicyclic) bond motifs is 1. The van der Waals surface area contributed by atoms with Gasteiger partial charge in [-0.3, -0.25) is 14.4 Å². The van der Waals surface area contributed by atoms with E-state index in [4.69, 9.17) is 15.5 Å². The number of aromatic nitrogens is 7. The molecule has 1 saturated heterocycles. The van der Waals surface area contributed by atoms with Crippen molar-refractivity contribution in [2.75, 3.05) is 36.0 Å². The third kappa shape index (κ3) is 6.50. The first kappa shape index (κ1) is 29.8. The summed E-state index contributed by atoms with van der Waals surface area (Å²) in [5, 5.41) is 11.4. The molecule has 1 aliphatic rings. The first-order chi connectivity index (χ1) is 21.4. The molecule has 4 aromatic heterocycles. The third-order valence-electron chi connectivity index (χ3n) is 7.46. The number of nitrogens with zero attached hydrogens (tertiary/aromatic N) is 7. The highest BCUT2D eigenvalue weighted by molar-refractivity contribution is 6.06. The molecule has 0 spiro atoms. The summed E-state index contributed by atoms with van der Waals surface area (Å²) in [6.45, 7) is 4.79. The fourth-order valence-electron chi connectivity index (χ4n) is 5.21. The maximum Gasteiger partial charge on any atom is 0.433 e. The molecule has 0 radical (unpaired) electrons. The number of carbonyl (C=O) groups is 1. The molecule has 6 rings (SSSR count). The fourth-order valence-corrected chi connectivity index (χ4v) is 5.21. The Balaban J connectivity index is 1.12. The molecule has 5 heterocycles. The van der Waals surface area contributed by atoms with Gasteiger partial charge in [0, 0.05) is 61.3 Å². The molecular weight excluding hydrogens is 591 g/mol. The lowest BCUT2D eigenvalue weighted by atomic mass is 10.1.